The molecule has 206 valence electrons. The van der Waals surface area contributed by atoms with Gasteiger partial charge in [0, 0.05) is 39.8 Å². The molecule has 0 radical (unpaired) electrons. The van der Waals surface area contributed by atoms with Crippen molar-refractivity contribution in [2.75, 3.05) is 5.75 Å². The molecule has 1 fully saturated rings. The van der Waals surface area contributed by atoms with Gasteiger partial charge in [0.05, 0.1) is 5.75 Å². The van der Waals surface area contributed by atoms with Gasteiger partial charge in [-0.05, 0) is 53.8 Å². The molecule has 1 saturated carbocycles. The van der Waals surface area contributed by atoms with E-state index in [1.54, 1.807) is 17.0 Å². The van der Waals surface area contributed by atoms with Gasteiger partial charge in [-0.25, -0.2) is 0 Å². The number of nitrogens with one attached hydrogen (secondary N) is 1. The number of hydrogen-bond donors (Lipinski definition) is 1. The van der Waals surface area contributed by atoms with Crippen LogP contribution in [0.4, 0.5) is 0 Å². The van der Waals surface area contributed by atoms with Crippen molar-refractivity contribution in [2.24, 2.45) is 0 Å². The minimum absolute atomic E-state index is 0.118. The van der Waals surface area contributed by atoms with E-state index in [1.165, 1.54) is 18.2 Å². The van der Waals surface area contributed by atoms with Crippen molar-refractivity contribution in [3.05, 3.63) is 105 Å². The molecule has 39 heavy (non-hydrogen) atoms. The van der Waals surface area contributed by atoms with Crippen LogP contribution in [0, 0.1) is 0 Å². The van der Waals surface area contributed by atoms with Gasteiger partial charge in [0.2, 0.25) is 11.8 Å². The number of halogens is 3. The molecular formula is C31H33Cl3N2O2S. The van der Waals surface area contributed by atoms with E-state index in [-0.39, 0.29) is 30.2 Å². The molecule has 0 heterocycles. The second-order valence-electron chi connectivity index (χ2n) is 9.93. The number of rotatable bonds is 11. The molecule has 1 N–H and O–H groups in total. The highest BCUT2D eigenvalue weighted by atomic mass is 35.5. The average Bonchev–Trinajstić information content (AvgIpc) is 2.93. The number of amides is 2. The summed E-state index contributed by atoms with van der Waals surface area (Å²) in [4.78, 5) is 29.4. The lowest BCUT2D eigenvalue weighted by Crippen LogP contribution is -2.53. The van der Waals surface area contributed by atoms with Gasteiger partial charge in [-0.1, -0.05) is 103 Å². The zero-order valence-corrected chi connectivity index (χ0v) is 24.8. The van der Waals surface area contributed by atoms with Crippen molar-refractivity contribution in [2.45, 2.75) is 62.9 Å². The molecule has 4 nitrogen and oxygen atoms in total. The first-order valence-corrected chi connectivity index (χ1v) is 15.6. The maximum absolute atomic E-state index is 13.8. The van der Waals surface area contributed by atoms with Crippen molar-refractivity contribution in [1.82, 2.24) is 10.2 Å². The monoisotopic (exact) mass is 602 g/mol. The molecule has 3 aromatic carbocycles. The second-order valence-corrected chi connectivity index (χ2v) is 12.2. The zero-order valence-electron chi connectivity index (χ0n) is 21.8. The van der Waals surface area contributed by atoms with Crippen LogP contribution in [0.2, 0.25) is 15.1 Å². The van der Waals surface area contributed by atoms with Crippen molar-refractivity contribution < 1.29 is 9.59 Å². The summed E-state index contributed by atoms with van der Waals surface area (Å²) in [6, 6.07) is 22.2. The summed E-state index contributed by atoms with van der Waals surface area (Å²) in [5.74, 6) is 0.621. The lowest BCUT2D eigenvalue weighted by molar-refractivity contribution is -0.139. The molecular weight excluding hydrogens is 571 g/mol. The highest BCUT2D eigenvalue weighted by molar-refractivity contribution is 7.99. The molecule has 0 saturated heterocycles. The first-order chi connectivity index (χ1) is 18.9. The Morgan fingerprint density at radius 1 is 0.872 bits per heavy atom. The Labute approximate surface area is 250 Å². The average molecular weight is 604 g/mol. The quantitative estimate of drug-likeness (QED) is 0.242. The van der Waals surface area contributed by atoms with Gasteiger partial charge >= 0.3 is 0 Å². The normalized spacial score (nSPS) is 14.5. The van der Waals surface area contributed by atoms with Crippen LogP contribution in [0.15, 0.2) is 72.8 Å². The summed E-state index contributed by atoms with van der Waals surface area (Å²) in [6.45, 7) is 0.210. The summed E-state index contributed by atoms with van der Waals surface area (Å²) in [5.41, 5.74) is 2.79. The molecule has 1 atom stereocenters. The topological polar surface area (TPSA) is 49.4 Å². The molecule has 0 bridgehead atoms. The van der Waals surface area contributed by atoms with Crippen molar-refractivity contribution in [3.63, 3.8) is 0 Å². The van der Waals surface area contributed by atoms with E-state index in [1.807, 2.05) is 60.7 Å². The molecule has 8 heteroatoms. The van der Waals surface area contributed by atoms with E-state index in [0.29, 0.717) is 27.2 Å². The van der Waals surface area contributed by atoms with Gasteiger partial charge in [0.1, 0.15) is 6.04 Å². The molecule has 2 amide bonds. The Balaban J connectivity index is 1.59. The summed E-state index contributed by atoms with van der Waals surface area (Å²) >= 11 is 20.3. The minimum Gasteiger partial charge on any atom is -0.352 e. The maximum atomic E-state index is 13.8. The summed E-state index contributed by atoms with van der Waals surface area (Å²) < 4.78 is 0. The van der Waals surface area contributed by atoms with E-state index in [4.69, 9.17) is 34.8 Å². The van der Waals surface area contributed by atoms with Crippen LogP contribution < -0.4 is 5.32 Å². The SMILES string of the molecule is O=C(NC1CCCCC1)C(Cc1ccccc1)N(Cc1ccc(Cl)cc1Cl)C(=O)CSCc1cccc(Cl)c1. The standard InChI is InChI=1S/C31H33Cl3N2O2S/c32-25-11-7-10-23(16-25)20-39-21-30(37)36(19-24-14-15-26(33)18-28(24)34)29(17-22-8-3-1-4-9-22)31(38)35-27-12-5-2-6-13-27/h1,3-4,7-11,14-16,18,27,29H,2,5-6,12-13,17,19-21H2,(H,35,38). The predicted molar refractivity (Wildman–Crippen MR) is 164 cm³/mol. The third-order valence-corrected chi connectivity index (χ3v) is 8.77. The van der Waals surface area contributed by atoms with Gasteiger partial charge in [-0.2, -0.15) is 0 Å². The number of carbonyl (C=O) groups is 2. The first kappa shape index (κ1) is 29.8. The van der Waals surface area contributed by atoms with E-state index in [2.05, 4.69) is 5.32 Å². The van der Waals surface area contributed by atoms with Gasteiger partial charge < -0.3 is 10.2 Å². The smallest absolute Gasteiger partial charge is 0.243 e. The van der Waals surface area contributed by atoms with Crippen LogP contribution in [-0.2, 0) is 28.3 Å². The molecule has 3 aromatic rings. The lowest BCUT2D eigenvalue weighted by atomic mass is 9.94. The fraction of sp³-hybridized carbons (Fsp3) is 0.355. The number of thioether (sulfide) groups is 1. The van der Waals surface area contributed by atoms with E-state index < -0.39 is 6.04 Å². The fourth-order valence-electron chi connectivity index (χ4n) is 4.90. The molecule has 0 spiro atoms. The van der Waals surface area contributed by atoms with E-state index >= 15 is 0 Å². The van der Waals surface area contributed by atoms with Crippen LogP contribution in [0.5, 0.6) is 0 Å². The summed E-state index contributed by atoms with van der Waals surface area (Å²) in [7, 11) is 0. The van der Waals surface area contributed by atoms with E-state index in [0.717, 1.165) is 42.4 Å². The number of carbonyl (C=O) groups excluding carboxylic acids is 2. The maximum Gasteiger partial charge on any atom is 0.243 e. The molecule has 0 aliphatic heterocycles. The second kappa shape index (κ2) is 15.0. The first-order valence-electron chi connectivity index (χ1n) is 13.3. The molecule has 4 rings (SSSR count). The molecule has 1 unspecified atom stereocenters. The van der Waals surface area contributed by atoms with Gasteiger partial charge in [-0.15, -0.1) is 11.8 Å². The number of nitrogens with zero attached hydrogens (tertiary/aromatic N) is 1. The Bertz CT molecular complexity index is 1250. The van der Waals surface area contributed by atoms with Crippen molar-refractivity contribution >= 4 is 58.4 Å². The van der Waals surface area contributed by atoms with Crippen molar-refractivity contribution in [3.8, 4) is 0 Å². The lowest BCUT2D eigenvalue weighted by Gasteiger charge is -2.33. The minimum atomic E-state index is -0.680. The Kier molecular flexibility index (Phi) is 11.5. The molecule has 1 aliphatic rings. The third-order valence-electron chi connectivity index (χ3n) is 6.96. The number of hydrogen-bond acceptors (Lipinski definition) is 3. The Morgan fingerprint density at radius 2 is 1.59 bits per heavy atom. The molecule has 1 aliphatic carbocycles. The van der Waals surface area contributed by atoms with Crippen LogP contribution >= 0.6 is 46.6 Å². The summed E-state index contributed by atoms with van der Waals surface area (Å²) in [5, 5.41) is 4.92. The zero-order chi connectivity index (χ0) is 27.6. The van der Waals surface area contributed by atoms with Crippen LogP contribution in [-0.4, -0.2) is 34.6 Å². The predicted octanol–water partition coefficient (Wildman–Crippen LogP) is 7.97. The molecule has 0 aromatic heterocycles. The fourth-order valence-corrected chi connectivity index (χ4v) is 6.44. The largest absolute Gasteiger partial charge is 0.352 e. The van der Waals surface area contributed by atoms with Crippen LogP contribution in [0.25, 0.3) is 0 Å². The van der Waals surface area contributed by atoms with Crippen LogP contribution in [0.3, 0.4) is 0 Å². The van der Waals surface area contributed by atoms with Gasteiger partial charge in [0.25, 0.3) is 0 Å². The Hall–Kier alpha value is -2.18. The van der Waals surface area contributed by atoms with E-state index in [9.17, 15) is 9.59 Å². The van der Waals surface area contributed by atoms with Gasteiger partial charge in [-0.3, -0.25) is 9.59 Å². The third kappa shape index (κ3) is 9.18. The number of benzene rings is 3. The Morgan fingerprint density at radius 3 is 2.31 bits per heavy atom. The highest BCUT2D eigenvalue weighted by Gasteiger charge is 2.32. The van der Waals surface area contributed by atoms with Crippen molar-refractivity contribution in [1.29, 1.82) is 0 Å². The highest BCUT2D eigenvalue weighted by Crippen LogP contribution is 2.26. The summed E-state index contributed by atoms with van der Waals surface area (Å²) in [6.07, 6.45) is 5.76. The van der Waals surface area contributed by atoms with Crippen LogP contribution in [0.1, 0.15) is 48.8 Å². The van der Waals surface area contributed by atoms with Gasteiger partial charge in [0.15, 0.2) is 0 Å².